The maximum Gasteiger partial charge on any atom is 0.117 e. The summed E-state index contributed by atoms with van der Waals surface area (Å²) in [5.41, 5.74) is 0. The van der Waals surface area contributed by atoms with E-state index in [1.54, 1.807) is 0 Å². The highest BCUT2D eigenvalue weighted by Crippen LogP contribution is 2.03. The Morgan fingerprint density at radius 2 is 1.78 bits per heavy atom. The van der Waals surface area contributed by atoms with E-state index >= 15 is 0 Å². The quantitative estimate of drug-likeness (QED) is 0.371. The van der Waals surface area contributed by atoms with E-state index in [9.17, 15) is 0 Å². The molecule has 0 saturated carbocycles. The molecular formula is C7H18B2. The summed E-state index contributed by atoms with van der Waals surface area (Å²) < 4.78 is 0. The lowest BCUT2D eigenvalue weighted by Crippen LogP contribution is -1.81. The van der Waals surface area contributed by atoms with Gasteiger partial charge in [0.2, 0.25) is 0 Å². The van der Waals surface area contributed by atoms with Gasteiger partial charge >= 0.3 is 0 Å². The van der Waals surface area contributed by atoms with Crippen LogP contribution in [0.25, 0.3) is 0 Å². The summed E-state index contributed by atoms with van der Waals surface area (Å²) in [4.78, 5) is 0. The Morgan fingerprint density at radius 3 is 2.33 bits per heavy atom. The summed E-state index contributed by atoms with van der Waals surface area (Å²) in [5, 5.41) is 0. The smallest absolute Gasteiger partial charge is 0.0893 e. The zero-order valence-corrected chi connectivity index (χ0v) is 6.95. The van der Waals surface area contributed by atoms with E-state index in [-0.39, 0.29) is 0 Å². The van der Waals surface area contributed by atoms with Gasteiger partial charge in [0.1, 0.15) is 15.1 Å². The van der Waals surface area contributed by atoms with Gasteiger partial charge in [0, 0.05) is 0 Å². The van der Waals surface area contributed by atoms with Crippen molar-refractivity contribution in [3.05, 3.63) is 0 Å². The topological polar surface area (TPSA) is 0 Å². The molecule has 0 aliphatic rings. The van der Waals surface area contributed by atoms with E-state index in [4.69, 9.17) is 0 Å². The van der Waals surface area contributed by atoms with E-state index in [0.717, 1.165) is 0 Å². The van der Waals surface area contributed by atoms with Gasteiger partial charge in [-0.15, -0.1) is 0 Å². The predicted molar refractivity (Wildman–Crippen MR) is 49.6 cm³/mol. The molecule has 0 aliphatic carbocycles. The molecule has 0 spiro atoms. The van der Waals surface area contributed by atoms with Gasteiger partial charge in [-0.2, -0.15) is 0 Å². The number of unbranched alkanes of at least 4 members (excludes halogenated alkanes) is 3. The van der Waals surface area contributed by atoms with Crippen LogP contribution in [0.15, 0.2) is 0 Å². The average Bonchev–Trinajstić information content (AvgIpc) is 1.89. The lowest BCUT2D eigenvalue weighted by atomic mass is 9.76. The third-order valence-corrected chi connectivity index (χ3v) is 1.71. The van der Waals surface area contributed by atoms with Crippen molar-refractivity contribution in [1.29, 1.82) is 0 Å². The van der Waals surface area contributed by atoms with Crippen molar-refractivity contribution in [2.75, 3.05) is 0 Å². The second-order valence-electron chi connectivity index (χ2n) is 2.77. The van der Waals surface area contributed by atoms with Gasteiger partial charge in [0.15, 0.2) is 0 Å². The Kier molecular flexibility index (Phi) is 8.25. The summed E-state index contributed by atoms with van der Waals surface area (Å²) in [6.45, 7) is 2.26. The fourth-order valence-electron chi connectivity index (χ4n) is 1.03. The molecule has 0 rings (SSSR count). The van der Waals surface area contributed by atoms with Gasteiger partial charge in [0.25, 0.3) is 0 Å². The van der Waals surface area contributed by atoms with Gasteiger partial charge in [-0.05, 0) is 0 Å². The molecule has 0 amide bonds. The molecule has 0 radical (unpaired) electrons. The molecule has 0 aliphatic heterocycles. The Balaban J connectivity index is 2.60. The van der Waals surface area contributed by atoms with Crippen molar-refractivity contribution in [2.45, 2.75) is 45.1 Å². The minimum Gasteiger partial charge on any atom is -0.0893 e. The van der Waals surface area contributed by atoms with Crippen LogP contribution in [0.4, 0.5) is 0 Å². The van der Waals surface area contributed by atoms with E-state index in [2.05, 4.69) is 14.7 Å². The van der Waals surface area contributed by atoms with Crippen LogP contribution in [-0.4, -0.2) is 15.1 Å². The van der Waals surface area contributed by atoms with Crippen molar-refractivity contribution in [2.24, 2.45) is 0 Å². The molecule has 0 atom stereocenters. The summed E-state index contributed by atoms with van der Waals surface area (Å²) >= 11 is 0. The maximum absolute atomic E-state index is 2.26. The third kappa shape index (κ3) is 8.13. The zero-order chi connectivity index (χ0) is 6.95. The second kappa shape index (κ2) is 8.13. The second-order valence-corrected chi connectivity index (χ2v) is 2.77. The molecule has 2 heteroatoms. The molecule has 0 N–H and O–H groups in total. The summed E-state index contributed by atoms with van der Waals surface area (Å²) in [6.07, 6.45) is 8.61. The molecule has 0 saturated heterocycles. The maximum atomic E-state index is 2.26. The molecule has 0 aromatic heterocycles. The zero-order valence-electron chi connectivity index (χ0n) is 6.95. The fourth-order valence-corrected chi connectivity index (χ4v) is 1.03. The summed E-state index contributed by atoms with van der Waals surface area (Å²) in [7, 11) is 3.63. The lowest BCUT2D eigenvalue weighted by molar-refractivity contribution is 0.700. The Morgan fingerprint density at radius 1 is 1.11 bits per heavy atom. The van der Waals surface area contributed by atoms with Crippen molar-refractivity contribution in [3.8, 4) is 0 Å². The van der Waals surface area contributed by atoms with E-state index in [1.165, 1.54) is 45.6 Å². The first kappa shape index (κ1) is 9.13. The first-order valence-corrected chi connectivity index (χ1v) is 4.41. The largest absolute Gasteiger partial charge is 0.117 e. The van der Waals surface area contributed by atoms with Crippen molar-refractivity contribution in [3.63, 3.8) is 0 Å². The molecule has 0 aromatic rings. The van der Waals surface area contributed by atoms with Gasteiger partial charge in [-0.25, -0.2) is 0 Å². The molecule has 0 fully saturated rings. The first-order valence-electron chi connectivity index (χ1n) is 4.41. The lowest BCUT2D eigenvalue weighted by Gasteiger charge is -1.95. The molecule has 0 heterocycles. The third-order valence-electron chi connectivity index (χ3n) is 1.71. The van der Waals surface area contributed by atoms with Crippen LogP contribution in [0.5, 0.6) is 0 Å². The molecule has 0 bridgehead atoms. The van der Waals surface area contributed by atoms with Crippen LogP contribution in [0.2, 0.25) is 19.5 Å². The van der Waals surface area contributed by atoms with Gasteiger partial charge in [-0.3, -0.25) is 0 Å². The fraction of sp³-hybridized carbons (Fsp3) is 1.00. The highest BCUT2D eigenvalue weighted by Gasteiger charge is 1.86. The standard InChI is InChI=1S/C7H18B2/c1-9-7-5-3-2-4-6-8/h9H,2-8H2,1H3. The Hall–Kier alpha value is 0.130. The van der Waals surface area contributed by atoms with Crippen molar-refractivity contribution >= 4 is 15.1 Å². The monoisotopic (exact) mass is 124 g/mol. The van der Waals surface area contributed by atoms with E-state index in [0.29, 0.717) is 0 Å². The SMILES string of the molecule is BCCCCCCBC. The van der Waals surface area contributed by atoms with Gasteiger partial charge < -0.3 is 0 Å². The van der Waals surface area contributed by atoms with Gasteiger partial charge in [0.05, 0.1) is 0 Å². The minimum absolute atomic E-state index is 1.37. The van der Waals surface area contributed by atoms with Crippen LogP contribution in [0.3, 0.4) is 0 Å². The Labute approximate surface area is 61.1 Å². The normalized spacial score (nSPS) is 9.44. The van der Waals surface area contributed by atoms with E-state index < -0.39 is 0 Å². The number of rotatable bonds is 6. The predicted octanol–water partition coefficient (Wildman–Crippen LogP) is 1.50. The van der Waals surface area contributed by atoms with Crippen molar-refractivity contribution < 1.29 is 0 Å². The summed E-state index contributed by atoms with van der Waals surface area (Å²) in [6, 6.07) is 0. The molecular weight excluding hydrogens is 106 g/mol. The van der Waals surface area contributed by atoms with Gasteiger partial charge in [-0.1, -0.05) is 45.1 Å². The molecule has 0 nitrogen and oxygen atoms in total. The molecule has 9 heavy (non-hydrogen) atoms. The highest BCUT2D eigenvalue weighted by molar-refractivity contribution is 6.33. The van der Waals surface area contributed by atoms with Crippen LogP contribution in [-0.2, 0) is 0 Å². The van der Waals surface area contributed by atoms with Crippen molar-refractivity contribution in [1.82, 2.24) is 0 Å². The van der Waals surface area contributed by atoms with Crippen LogP contribution in [0.1, 0.15) is 25.7 Å². The van der Waals surface area contributed by atoms with E-state index in [1.807, 2.05) is 0 Å². The molecule has 52 valence electrons. The van der Waals surface area contributed by atoms with Crippen LogP contribution in [0, 0.1) is 0 Å². The highest BCUT2D eigenvalue weighted by atomic mass is 13.9. The minimum atomic E-state index is 1.37. The summed E-state index contributed by atoms with van der Waals surface area (Å²) in [5.74, 6) is 0. The number of hydrogen-bond donors (Lipinski definition) is 0. The first-order chi connectivity index (χ1) is 4.41. The van der Waals surface area contributed by atoms with Crippen LogP contribution >= 0.6 is 0 Å². The average molecular weight is 124 g/mol. The number of hydrogen-bond acceptors (Lipinski definition) is 0. The molecule has 0 aromatic carbocycles. The Bertz CT molecular complexity index is 40.2. The molecule has 0 unspecified atom stereocenters. The van der Waals surface area contributed by atoms with Crippen LogP contribution < -0.4 is 0 Å².